The van der Waals surface area contributed by atoms with Gasteiger partial charge in [0.05, 0.1) is 11.2 Å². The molecule has 3 heterocycles. The van der Waals surface area contributed by atoms with Gasteiger partial charge in [-0.3, -0.25) is 0 Å². The van der Waals surface area contributed by atoms with Gasteiger partial charge in [0.1, 0.15) is 5.65 Å². The van der Waals surface area contributed by atoms with Gasteiger partial charge in [-0.1, -0.05) is 30.3 Å². The van der Waals surface area contributed by atoms with E-state index in [1.165, 1.54) is 0 Å². The van der Waals surface area contributed by atoms with Crippen LogP contribution in [0.5, 0.6) is 0 Å². The smallest absolute Gasteiger partial charge is 0.399 e. The van der Waals surface area contributed by atoms with Crippen LogP contribution in [0.4, 0.5) is 0 Å². The number of pyridine rings is 1. The van der Waals surface area contributed by atoms with E-state index in [4.69, 9.17) is 9.31 Å². The molecular formula is C19H21BN2O2. The molecule has 0 spiro atoms. The Hall–Kier alpha value is -2.11. The van der Waals surface area contributed by atoms with Crippen LogP contribution in [-0.4, -0.2) is 28.3 Å². The molecule has 1 aromatic carbocycles. The molecule has 4 rings (SSSR count). The molecule has 0 atom stereocenters. The van der Waals surface area contributed by atoms with Crippen LogP contribution in [0.15, 0.2) is 48.7 Å². The summed E-state index contributed by atoms with van der Waals surface area (Å²) in [6, 6.07) is 14.3. The maximum Gasteiger partial charge on any atom is 0.495 e. The number of aromatic amines is 1. The van der Waals surface area contributed by atoms with E-state index in [0.29, 0.717) is 0 Å². The van der Waals surface area contributed by atoms with Crippen LogP contribution in [0.2, 0.25) is 0 Å². The summed E-state index contributed by atoms with van der Waals surface area (Å²) in [7, 11) is -0.389. The molecule has 1 aliphatic rings. The molecule has 3 aromatic rings. The SMILES string of the molecule is CC1(C)OB(c2ccnc3[nH]c(-c4ccccc4)cc23)OC1(C)C. The van der Waals surface area contributed by atoms with E-state index < -0.39 is 0 Å². The van der Waals surface area contributed by atoms with Gasteiger partial charge in [0.2, 0.25) is 0 Å². The van der Waals surface area contributed by atoms with Crippen LogP contribution >= 0.6 is 0 Å². The first kappa shape index (κ1) is 15.4. The lowest BCUT2D eigenvalue weighted by molar-refractivity contribution is 0.00578. The Labute approximate surface area is 142 Å². The van der Waals surface area contributed by atoms with Crippen molar-refractivity contribution in [2.75, 3.05) is 0 Å². The zero-order valence-corrected chi connectivity index (χ0v) is 14.5. The quantitative estimate of drug-likeness (QED) is 0.735. The average Bonchev–Trinajstić information content (AvgIpc) is 3.06. The number of benzene rings is 1. The third-order valence-electron chi connectivity index (χ3n) is 5.16. The Kier molecular flexibility index (Phi) is 3.34. The second kappa shape index (κ2) is 5.20. The van der Waals surface area contributed by atoms with Crippen molar-refractivity contribution in [2.45, 2.75) is 38.9 Å². The minimum absolute atomic E-state index is 0.355. The highest BCUT2D eigenvalue weighted by atomic mass is 16.7. The summed E-state index contributed by atoms with van der Waals surface area (Å²) in [6.07, 6.45) is 1.80. The molecule has 1 fully saturated rings. The monoisotopic (exact) mass is 320 g/mol. The van der Waals surface area contributed by atoms with Gasteiger partial charge >= 0.3 is 7.12 Å². The van der Waals surface area contributed by atoms with E-state index in [2.05, 4.69) is 55.9 Å². The molecule has 24 heavy (non-hydrogen) atoms. The lowest BCUT2D eigenvalue weighted by Crippen LogP contribution is -2.41. The van der Waals surface area contributed by atoms with Crippen molar-refractivity contribution in [1.29, 1.82) is 0 Å². The van der Waals surface area contributed by atoms with Gasteiger partial charge in [0.25, 0.3) is 0 Å². The highest BCUT2D eigenvalue weighted by Crippen LogP contribution is 2.37. The van der Waals surface area contributed by atoms with Gasteiger partial charge in [-0.05, 0) is 50.9 Å². The van der Waals surface area contributed by atoms with E-state index in [9.17, 15) is 0 Å². The highest BCUT2D eigenvalue weighted by Gasteiger charge is 2.52. The van der Waals surface area contributed by atoms with Crippen LogP contribution in [0.25, 0.3) is 22.3 Å². The first-order valence-electron chi connectivity index (χ1n) is 8.26. The van der Waals surface area contributed by atoms with Crippen molar-refractivity contribution in [3.8, 4) is 11.3 Å². The number of nitrogens with zero attached hydrogens (tertiary/aromatic N) is 1. The first-order valence-corrected chi connectivity index (χ1v) is 8.26. The third kappa shape index (κ3) is 2.36. The Morgan fingerprint density at radius 2 is 1.62 bits per heavy atom. The van der Waals surface area contributed by atoms with Crippen molar-refractivity contribution in [3.63, 3.8) is 0 Å². The number of rotatable bonds is 2. The predicted molar refractivity (Wildman–Crippen MR) is 97.2 cm³/mol. The maximum absolute atomic E-state index is 6.21. The van der Waals surface area contributed by atoms with Crippen LogP contribution in [0.1, 0.15) is 27.7 Å². The molecule has 4 nitrogen and oxygen atoms in total. The minimum atomic E-state index is -0.389. The van der Waals surface area contributed by atoms with Crippen LogP contribution in [0.3, 0.4) is 0 Å². The summed E-state index contributed by atoms with van der Waals surface area (Å²) in [5.41, 5.74) is 3.33. The predicted octanol–water partition coefficient (Wildman–Crippen LogP) is 3.53. The van der Waals surface area contributed by atoms with Gasteiger partial charge in [0, 0.05) is 17.3 Å². The number of aromatic nitrogens is 2. The zero-order chi connectivity index (χ0) is 16.9. The van der Waals surface area contributed by atoms with E-state index in [1.54, 1.807) is 6.20 Å². The van der Waals surface area contributed by atoms with Gasteiger partial charge in [0.15, 0.2) is 0 Å². The Morgan fingerprint density at radius 1 is 0.958 bits per heavy atom. The zero-order valence-electron chi connectivity index (χ0n) is 14.5. The number of nitrogens with one attached hydrogen (secondary N) is 1. The Morgan fingerprint density at radius 3 is 2.29 bits per heavy atom. The van der Waals surface area contributed by atoms with E-state index in [-0.39, 0.29) is 18.3 Å². The molecule has 0 aliphatic carbocycles. The third-order valence-corrected chi connectivity index (χ3v) is 5.16. The normalized spacial score (nSPS) is 19.1. The number of hydrogen-bond acceptors (Lipinski definition) is 3. The van der Waals surface area contributed by atoms with E-state index >= 15 is 0 Å². The van der Waals surface area contributed by atoms with Crippen molar-refractivity contribution >= 4 is 23.6 Å². The standard InChI is InChI=1S/C19H21BN2O2/c1-18(2)19(3,4)24-20(23-18)15-10-11-21-17-14(15)12-16(22-17)13-8-6-5-7-9-13/h5-12H,1-4H3,(H,21,22). The van der Waals surface area contributed by atoms with Gasteiger partial charge in [-0.2, -0.15) is 0 Å². The van der Waals surface area contributed by atoms with Crippen LogP contribution in [-0.2, 0) is 9.31 Å². The summed E-state index contributed by atoms with van der Waals surface area (Å²) in [5, 5.41) is 1.04. The maximum atomic E-state index is 6.21. The van der Waals surface area contributed by atoms with Crippen molar-refractivity contribution in [3.05, 3.63) is 48.7 Å². The fraction of sp³-hybridized carbons (Fsp3) is 0.316. The second-order valence-corrected chi connectivity index (χ2v) is 7.30. The molecular weight excluding hydrogens is 299 g/mol. The molecule has 0 radical (unpaired) electrons. The minimum Gasteiger partial charge on any atom is -0.399 e. The fourth-order valence-corrected chi connectivity index (χ4v) is 3.00. The van der Waals surface area contributed by atoms with Crippen LogP contribution in [0, 0.1) is 0 Å². The summed E-state index contributed by atoms with van der Waals surface area (Å²) in [5.74, 6) is 0. The molecule has 0 amide bonds. The molecule has 0 unspecified atom stereocenters. The molecule has 2 aromatic heterocycles. The van der Waals surface area contributed by atoms with Crippen molar-refractivity contribution < 1.29 is 9.31 Å². The molecule has 1 N–H and O–H groups in total. The summed E-state index contributed by atoms with van der Waals surface area (Å²) >= 11 is 0. The number of hydrogen-bond donors (Lipinski definition) is 1. The lowest BCUT2D eigenvalue weighted by atomic mass is 9.78. The second-order valence-electron chi connectivity index (χ2n) is 7.30. The lowest BCUT2D eigenvalue weighted by Gasteiger charge is -2.32. The largest absolute Gasteiger partial charge is 0.495 e. The fourth-order valence-electron chi connectivity index (χ4n) is 3.00. The summed E-state index contributed by atoms with van der Waals surface area (Å²) in [6.45, 7) is 8.27. The topological polar surface area (TPSA) is 47.1 Å². The summed E-state index contributed by atoms with van der Waals surface area (Å²) < 4.78 is 12.4. The van der Waals surface area contributed by atoms with E-state index in [0.717, 1.165) is 27.8 Å². The first-order chi connectivity index (χ1) is 11.4. The molecule has 0 bridgehead atoms. The van der Waals surface area contributed by atoms with E-state index in [1.807, 2.05) is 24.3 Å². The van der Waals surface area contributed by atoms with Crippen molar-refractivity contribution in [2.24, 2.45) is 0 Å². The van der Waals surface area contributed by atoms with Gasteiger partial charge in [-0.15, -0.1) is 0 Å². The molecule has 0 saturated carbocycles. The summed E-state index contributed by atoms with van der Waals surface area (Å²) in [4.78, 5) is 7.86. The average molecular weight is 320 g/mol. The van der Waals surface area contributed by atoms with Gasteiger partial charge < -0.3 is 14.3 Å². The highest BCUT2D eigenvalue weighted by molar-refractivity contribution is 6.65. The molecule has 5 heteroatoms. The number of fused-ring (bicyclic) bond motifs is 1. The number of H-pyrrole nitrogens is 1. The molecule has 1 saturated heterocycles. The van der Waals surface area contributed by atoms with Gasteiger partial charge in [-0.25, -0.2) is 4.98 Å². The molecule has 1 aliphatic heterocycles. The molecule has 122 valence electrons. The van der Waals surface area contributed by atoms with Crippen molar-refractivity contribution in [1.82, 2.24) is 9.97 Å². The Balaban J connectivity index is 1.79. The van der Waals surface area contributed by atoms with Crippen LogP contribution < -0.4 is 5.46 Å². The Bertz CT molecular complexity index is 871.